The Hall–Kier alpha value is -0.380. The molecular formula is C13H24O3S. The first-order valence-corrected chi connectivity index (χ1v) is 7.67. The predicted molar refractivity (Wildman–Crippen MR) is 70.2 cm³/mol. The quantitative estimate of drug-likeness (QED) is 0.729. The standard InChI is InChI=1S/C13H24O3S/c1-9-5-10(2)7-12(6-9)17(15)11(3)8-13(14)16-4/h9-12H,5-8H2,1-4H3. The Balaban J connectivity index is 2.53. The van der Waals surface area contributed by atoms with Crippen molar-refractivity contribution in [3.05, 3.63) is 0 Å². The van der Waals surface area contributed by atoms with E-state index in [1.807, 2.05) is 6.92 Å². The van der Waals surface area contributed by atoms with Gasteiger partial charge in [0.2, 0.25) is 0 Å². The summed E-state index contributed by atoms with van der Waals surface area (Å²) in [5, 5.41) is 0.165. The molecule has 1 fully saturated rings. The molecule has 17 heavy (non-hydrogen) atoms. The van der Waals surface area contributed by atoms with Gasteiger partial charge in [0, 0.05) is 21.3 Å². The molecular weight excluding hydrogens is 236 g/mol. The van der Waals surface area contributed by atoms with E-state index in [9.17, 15) is 9.00 Å². The fraction of sp³-hybridized carbons (Fsp3) is 0.923. The maximum Gasteiger partial charge on any atom is 0.306 e. The SMILES string of the molecule is COC(=O)CC(C)S(=O)C1CC(C)CC(C)C1. The van der Waals surface area contributed by atoms with Gasteiger partial charge in [-0.15, -0.1) is 0 Å². The zero-order valence-corrected chi connectivity index (χ0v) is 12.1. The average Bonchev–Trinajstić information content (AvgIpc) is 2.26. The molecule has 0 N–H and O–H groups in total. The molecule has 1 aliphatic rings. The molecule has 0 spiro atoms. The zero-order valence-electron chi connectivity index (χ0n) is 11.3. The van der Waals surface area contributed by atoms with Crippen LogP contribution in [0.1, 0.15) is 46.5 Å². The Labute approximate surface area is 107 Å². The van der Waals surface area contributed by atoms with Crippen LogP contribution in [-0.2, 0) is 20.3 Å². The third-order valence-corrected chi connectivity index (χ3v) is 5.54. The van der Waals surface area contributed by atoms with E-state index >= 15 is 0 Å². The molecule has 0 bridgehead atoms. The molecule has 0 aromatic carbocycles. The number of esters is 1. The van der Waals surface area contributed by atoms with Crippen LogP contribution >= 0.6 is 0 Å². The van der Waals surface area contributed by atoms with Crippen LogP contribution in [0, 0.1) is 11.8 Å². The molecule has 0 aromatic heterocycles. The van der Waals surface area contributed by atoms with Gasteiger partial charge in [-0.3, -0.25) is 9.00 Å². The van der Waals surface area contributed by atoms with Crippen molar-refractivity contribution in [3.63, 3.8) is 0 Å². The molecule has 4 heteroatoms. The second-order valence-electron chi connectivity index (χ2n) is 5.46. The molecule has 1 saturated carbocycles. The molecule has 0 aromatic rings. The van der Waals surface area contributed by atoms with Crippen LogP contribution in [0.25, 0.3) is 0 Å². The molecule has 0 amide bonds. The van der Waals surface area contributed by atoms with Crippen molar-refractivity contribution in [2.24, 2.45) is 11.8 Å². The number of methoxy groups -OCH3 is 1. The van der Waals surface area contributed by atoms with Crippen LogP contribution in [0.15, 0.2) is 0 Å². The lowest BCUT2D eigenvalue weighted by atomic mass is 9.83. The monoisotopic (exact) mass is 260 g/mol. The summed E-state index contributed by atoms with van der Waals surface area (Å²) < 4.78 is 17.0. The fourth-order valence-corrected chi connectivity index (χ4v) is 4.79. The Morgan fingerprint density at radius 1 is 1.29 bits per heavy atom. The molecule has 0 aliphatic heterocycles. The van der Waals surface area contributed by atoms with E-state index in [-0.39, 0.29) is 22.9 Å². The fourth-order valence-electron chi connectivity index (χ4n) is 2.79. The highest BCUT2D eigenvalue weighted by molar-refractivity contribution is 7.86. The molecule has 4 unspecified atom stereocenters. The van der Waals surface area contributed by atoms with Gasteiger partial charge < -0.3 is 4.74 Å². The normalized spacial score (nSPS) is 32.8. The van der Waals surface area contributed by atoms with Crippen molar-refractivity contribution >= 4 is 16.8 Å². The van der Waals surface area contributed by atoms with Crippen LogP contribution in [0.5, 0.6) is 0 Å². The maximum absolute atomic E-state index is 12.3. The van der Waals surface area contributed by atoms with Gasteiger partial charge in [-0.05, 0) is 31.1 Å². The smallest absolute Gasteiger partial charge is 0.306 e. The lowest BCUT2D eigenvalue weighted by Gasteiger charge is -2.32. The van der Waals surface area contributed by atoms with E-state index in [2.05, 4.69) is 18.6 Å². The van der Waals surface area contributed by atoms with Crippen molar-refractivity contribution in [1.29, 1.82) is 0 Å². The summed E-state index contributed by atoms with van der Waals surface area (Å²) >= 11 is 0. The highest BCUT2D eigenvalue weighted by atomic mass is 32.2. The van der Waals surface area contributed by atoms with Gasteiger partial charge in [0.1, 0.15) is 0 Å². The largest absolute Gasteiger partial charge is 0.469 e. The Kier molecular flexibility index (Phi) is 5.63. The van der Waals surface area contributed by atoms with Gasteiger partial charge in [-0.2, -0.15) is 0 Å². The van der Waals surface area contributed by atoms with E-state index in [1.165, 1.54) is 13.5 Å². The first-order valence-electron chi connectivity index (χ1n) is 6.40. The van der Waals surface area contributed by atoms with E-state index in [0.29, 0.717) is 11.8 Å². The Morgan fingerprint density at radius 3 is 2.29 bits per heavy atom. The molecule has 0 heterocycles. The van der Waals surface area contributed by atoms with Gasteiger partial charge in [0.25, 0.3) is 0 Å². The van der Waals surface area contributed by atoms with Crippen molar-refractivity contribution < 1.29 is 13.7 Å². The zero-order chi connectivity index (χ0) is 13.0. The van der Waals surface area contributed by atoms with Crippen molar-refractivity contribution in [2.75, 3.05) is 7.11 Å². The molecule has 1 aliphatic carbocycles. The minimum absolute atomic E-state index is 0.0926. The van der Waals surface area contributed by atoms with E-state index in [4.69, 9.17) is 0 Å². The van der Waals surface area contributed by atoms with Crippen LogP contribution < -0.4 is 0 Å². The van der Waals surface area contributed by atoms with E-state index < -0.39 is 10.8 Å². The Bertz CT molecular complexity index is 280. The average molecular weight is 260 g/mol. The summed E-state index contributed by atoms with van der Waals surface area (Å²) in [5.74, 6) is 1.04. The summed E-state index contributed by atoms with van der Waals surface area (Å²) in [7, 11) is 0.462. The van der Waals surface area contributed by atoms with Gasteiger partial charge in [0.05, 0.1) is 13.5 Å². The first-order chi connectivity index (χ1) is 7.93. The molecule has 0 radical (unpaired) electrons. The predicted octanol–water partition coefficient (Wildman–Crippen LogP) is 2.51. The highest BCUT2D eigenvalue weighted by Crippen LogP contribution is 2.32. The molecule has 1 rings (SSSR count). The van der Waals surface area contributed by atoms with Crippen LogP contribution in [0.4, 0.5) is 0 Å². The molecule has 3 nitrogen and oxygen atoms in total. The van der Waals surface area contributed by atoms with Crippen molar-refractivity contribution in [3.8, 4) is 0 Å². The van der Waals surface area contributed by atoms with Gasteiger partial charge >= 0.3 is 5.97 Å². The number of carbonyl (C=O) groups is 1. The lowest BCUT2D eigenvalue weighted by Crippen LogP contribution is -2.32. The molecule has 0 saturated heterocycles. The Morgan fingerprint density at radius 2 is 1.82 bits per heavy atom. The second-order valence-corrected chi connectivity index (χ2v) is 7.59. The van der Waals surface area contributed by atoms with E-state index in [0.717, 1.165) is 12.8 Å². The van der Waals surface area contributed by atoms with Gasteiger partial charge in [0.15, 0.2) is 0 Å². The van der Waals surface area contributed by atoms with Crippen molar-refractivity contribution in [1.82, 2.24) is 0 Å². The summed E-state index contributed by atoms with van der Waals surface area (Å²) in [4.78, 5) is 11.2. The maximum atomic E-state index is 12.3. The summed E-state index contributed by atoms with van der Waals surface area (Å²) in [5.41, 5.74) is 0. The number of rotatable bonds is 4. The molecule has 4 atom stereocenters. The lowest BCUT2D eigenvalue weighted by molar-refractivity contribution is -0.140. The highest BCUT2D eigenvalue weighted by Gasteiger charge is 2.31. The van der Waals surface area contributed by atoms with Crippen LogP contribution in [0.3, 0.4) is 0 Å². The number of carbonyl (C=O) groups excluding carboxylic acids is 1. The first kappa shape index (κ1) is 14.7. The van der Waals surface area contributed by atoms with E-state index in [1.54, 1.807) is 0 Å². The number of hydrogen-bond acceptors (Lipinski definition) is 3. The number of ether oxygens (including phenoxy) is 1. The van der Waals surface area contributed by atoms with Crippen LogP contribution in [-0.4, -0.2) is 27.8 Å². The summed E-state index contributed by atoms with van der Waals surface area (Å²) in [6.07, 6.45) is 3.56. The second kappa shape index (κ2) is 6.53. The summed E-state index contributed by atoms with van der Waals surface area (Å²) in [6, 6.07) is 0. The van der Waals surface area contributed by atoms with Gasteiger partial charge in [-0.25, -0.2) is 0 Å². The minimum atomic E-state index is -0.916. The third-order valence-electron chi connectivity index (χ3n) is 3.54. The van der Waals surface area contributed by atoms with Crippen LogP contribution in [0.2, 0.25) is 0 Å². The summed E-state index contributed by atoms with van der Waals surface area (Å²) in [6.45, 7) is 6.34. The number of hydrogen-bond donors (Lipinski definition) is 0. The van der Waals surface area contributed by atoms with Gasteiger partial charge in [-0.1, -0.05) is 20.8 Å². The minimum Gasteiger partial charge on any atom is -0.469 e. The third kappa shape index (κ3) is 4.41. The molecule has 100 valence electrons. The topological polar surface area (TPSA) is 43.4 Å². The van der Waals surface area contributed by atoms with Crippen molar-refractivity contribution in [2.45, 2.75) is 57.0 Å².